The number of pyridine rings is 1. The van der Waals surface area contributed by atoms with E-state index in [-0.39, 0.29) is 19.0 Å². The molecule has 2 N–H and O–H groups in total. The van der Waals surface area contributed by atoms with E-state index in [9.17, 15) is 9.59 Å². The molecule has 1 unspecified atom stereocenters. The van der Waals surface area contributed by atoms with Crippen LogP contribution >= 0.6 is 0 Å². The number of methoxy groups -OCH3 is 1. The number of halogens is 1. The van der Waals surface area contributed by atoms with Crippen molar-refractivity contribution in [3.8, 4) is 0 Å². The summed E-state index contributed by atoms with van der Waals surface area (Å²) in [5.41, 5.74) is 1.14. The molecule has 0 radical (unpaired) electrons. The minimum Gasteiger partial charge on any atom is -1.00 e. The van der Waals surface area contributed by atoms with Crippen LogP contribution in [0.5, 0.6) is 0 Å². The number of alkyl carbamates (subject to hydrolysis) is 2. The molecule has 0 aliphatic carbocycles. The number of amides is 2. The van der Waals surface area contributed by atoms with Gasteiger partial charge in [0.05, 0.1) is 19.3 Å². The lowest BCUT2D eigenvalue weighted by Gasteiger charge is -2.41. The molecule has 2 heterocycles. The molecule has 9 heteroatoms. The second-order valence-electron chi connectivity index (χ2n) is 11.4. The summed E-state index contributed by atoms with van der Waals surface area (Å²) in [6, 6.07) is 3.94. The highest BCUT2D eigenvalue weighted by Gasteiger charge is 2.45. The van der Waals surface area contributed by atoms with Crippen molar-refractivity contribution in [2.45, 2.75) is 142 Å². The topological polar surface area (TPSA) is 89.8 Å². The molecule has 0 spiro atoms. The van der Waals surface area contributed by atoms with Gasteiger partial charge in [0, 0.05) is 19.0 Å². The summed E-state index contributed by atoms with van der Waals surface area (Å²) in [6.07, 6.45) is 23.1. The van der Waals surface area contributed by atoms with Crippen molar-refractivity contribution in [1.29, 1.82) is 0 Å². The molecule has 1 fully saturated rings. The fourth-order valence-corrected chi connectivity index (χ4v) is 5.57. The van der Waals surface area contributed by atoms with Crippen LogP contribution in [0.15, 0.2) is 18.3 Å². The zero-order valence-corrected chi connectivity index (χ0v) is 27.4. The summed E-state index contributed by atoms with van der Waals surface area (Å²) >= 11 is 0. The van der Waals surface area contributed by atoms with Gasteiger partial charge < -0.3 is 37.3 Å². The first-order chi connectivity index (χ1) is 20.1. The van der Waals surface area contributed by atoms with E-state index >= 15 is 0 Å². The highest BCUT2D eigenvalue weighted by Crippen LogP contribution is 2.38. The van der Waals surface area contributed by atoms with Gasteiger partial charge in [-0.15, -0.1) is 0 Å². The third-order valence-corrected chi connectivity index (χ3v) is 8.22. The van der Waals surface area contributed by atoms with Gasteiger partial charge in [0.15, 0.2) is 6.20 Å². The molecule has 8 nitrogen and oxygen atoms in total. The summed E-state index contributed by atoms with van der Waals surface area (Å²) in [5, 5.41) is 5.66. The highest BCUT2D eigenvalue weighted by atomic mass is 35.5. The third kappa shape index (κ3) is 14.4. The van der Waals surface area contributed by atoms with E-state index in [1.54, 1.807) is 0 Å². The molecule has 0 bridgehead atoms. The van der Waals surface area contributed by atoms with Gasteiger partial charge in [-0.05, 0) is 19.4 Å². The van der Waals surface area contributed by atoms with Gasteiger partial charge in [-0.1, -0.05) is 103 Å². The standard InChI is InChI=1S/C33H57N3O5.ClH/c1-4-6-7-8-9-10-11-12-13-14-15-16-17-18-19-20-24-34-32(38)40-28-33(23-26-41-33)29-22-21-25-36(5-2)30(29)27-35-31(37)39-3;/h21-22,25H,4-20,23-24,26-28H2,1-3H3,(H-,34,35,37,38);1H. The van der Waals surface area contributed by atoms with Gasteiger partial charge in [0.25, 0.3) is 0 Å². The average Bonchev–Trinajstić information content (AvgIpc) is 2.97. The fourth-order valence-electron chi connectivity index (χ4n) is 5.57. The molecule has 1 aliphatic heterocycles. The monoisotopic (exact) mass is 611 g/mol. The fraction of sp³-hybridized carbons (Fsp3) is 0.788. The molecule has 1 aromatic heterocycles. The van der Waals surface area contributed by atoms with E-state index in [2.05, 4.69) is 22.1 Å². The number of ether oxygens (including phenoxy) is 3. The van der Waals surface area contributed by atoms with E-state index in [4.69, 9.17) is 14.2 Å². The van der Waals surface area contributed by atoms with E-state index in [1.165, 1.54) is 97.0 Å². The van der Waals surface area contributed by atoms with Crippen molar-refractivity contribution >= 4 is 12.2 Å². The van der Waals surface area contributed by atoms with E-state index in [1.807, 2.05) is 25.3 Å². The molecule has 1 aromatic rings. The molecular weight excluding hydrogens is 554 g/mol. The number of nitrogens with zero attached hydrogens (tertiary/aromatic N) is 1. The van der Waals surface area contributed by atoms with Crippen LogP contribution in [0.25, 0.3) is 0 Å². The number of hydrogen-bond acceptors (Lipinski definition) is 5. The number of rotatable bonds is 23. The SMILES string of the molecule is CCCCCCCCCCCCCCCCCCNC(=O)OCC1(c2ccc[n+](CC)c2CNC(=O)OC)CCO1.[Cl-]. The van der Waals surface area contributed by atoms with Gasteiger partial charge in [0.2, 0.25) is 5.69 Å². The molecule has 1 atom stereocenters. The normalized spacial score (nSPS) is 15.8. The Hall–Kier alpha value is -2.06. The van der Waals surface area contributed by atoms with Crippen LogP contribution in [0.2, 0.25) is 0 Å². The van der Waals surface area contributed by atoms with Crippen molar-refractivity contribution < 1.29 is 40.8 Å². The predicted octanol–water partition coefficient (Wildman–Crippen LogP) is 4.46. The quantitative estimate of drug-likeness (QED) is 0.141. The Morgan fingerprint density at radius 1 is 0.857 bits per heavy atom. The highest BCUT2D eigenvalue weighted by molar-refractivity contribution is 5.67. The number of nitrogens with one attached hydrogen (secondary N) is 2. The number of unbranched alkanes of at least 4 members (excludes halogenated alkanes) is 15. The Balaban J connectivity index is 0.00000882. The Kier molecular flexibility index (Phi) is 21.2. The molecule has 42 heavy (non-hydrogen) atoms. The van der Waals surface area contributed by atoms with Crippen LogP contribution < -0.4 is 27.6 Å². The van der Waals surface area contributed by atoms with Crippen molar-refractivity contribution in [3.63, 3.8) is 0 Å². The summed E-state index contributed by atoms with van der Waals surface area (Å²) in [4.78, 5) is 24.1. The first-order valence-electron chi connectivity index (χ1n) is 16.4. The molecule has 0 aromatic carbocycles. The van der Waals surface area contributed by atoms with Gasteiger partial charge in [-0.25, -0.2) is 14.2 Å². The predicted molar refractivity (Wildman–Crippen MR) is 163 cm³/mol. The van der Waals surface area contributed by atoms with Crippen molar-refractivity contribution in [3.05, 3.63) is 29.6 Å². The van der Waals surface area contributed by atoms with E-state index in [0.29, 0.717) is 19.7 Å². The van der Waals surface area contributed by atoms with Gasteiger partial charge in [-0.2, -0.15) is 0 Å². The van der Waals surface area contributed by atoms with Crippen LogP contribution in [0.1, 0.15) is 134 Å². The van der Waals surface area contributed by atoms with Crippen LogP contribution in [-0.2, 0) is 32.9 Å². The smallest absolute Gasteiger partial charge is 0.407 e. The van der Waals surface area contributed by atoms with Crippen LogP contribution in [-0.4, -0.2) is 39.1 Å². The Morgan fingerprint density at radius 2 is 1.40 bits per heavy atom. The maximum atomic E-state index is 12.4. The molecule has 242 valence electrons. The first kappa shape index (κ1) is 38.0. The van der Waals surface area contributed by atoms with Crippen molar-refractivity contribution in [2.24, 2.45) is 0 Å². The largest absolute Gasteiger partial charge is 1.00 e. The molecule has 1 aliphatic rings. The van der Waals surface area contributed by atoms with E-state index < -0.39 is 17.8 Å². The first-order valence-corrected chi connectivity index (χ1v) is 16.4. The summed E-state index contributed by atoms with van der Waals surface area (Å²) in [7, 11) is 1.35. The average molecular weight is 612 g/mol. The Labute approximate surface area is 261 Å². The van der Waals surface area contributed by atoms with Crippen LogP contribution in [0.4, 0.5) is 9.59 Å². The number of aryl methyl sites for hydroxylation is 1. The third-order valence-electron chi connectivity index (χ3n) is 8.22. The second-order valence-corrected chi connectivity index (χ2v) is 11.4. The molecular formula is C33H58ClN3O5. The zero-order valence-electron chi connectivity index (χ0n) is 26.7. The summed E-state index contributed by atoms with van der Waals surface area (Å²) in [5.74, 6) is 0. The lowest BCUT2D eigenvalue weighted by atomic mass is 9.85. The minimum absolute atomic E-state index is 0. The van der Waals surface area contributed by atoms with Crippen molar-refractivity contribution in [1.82, 2.24) is 10.6 Å². The molecule has 0 saturated carbocycles. The summed E-state index contributed by atoms with van der Waals surface area (Å²) in [6.45, 7) is 6.73. The number of carbonyl (C=O) groups excluding carboxylic acids is 2. The maximum Gasteiger partial charge on any atom is 0.407 e. The molecule has 2 rings (SSSR count). The van der Waals surface area contributed by atoms with Crippen LogP contribution in [0.3, 0.4) is 0 Å². The van der Waals surface area contributed by atoms with E-state index in [0.717, 1.165) is 37.1 Å². The minimum atomic E-state index is -0.698. The van der Waals surface area contributed by atoms with Gasteiger partial charge >= 0.3 is 12.2 Å². The Bertz CT molecular complexity index is 866. The van der Waals surface area contributed by atoms with Gasteiger partial charge in [-0.3, -0.25) is 0 Å². The lowest BCUT2D eigenvalue weighted by Crippen LogP contribution is -3.00. The maximum absolute atomic E-state index is 12.4. The van der Waals surface area contributed by atoms with Crippen LogP contribution in [0, 0.1) is 0 Å². The second kappa shape index (κ2) is 23.4. The Morgan fingerprint density at radius 3 is 1.88 bits per heavy atom. The number of aromatic nitrogens is 1. The lowest BCUT2D eigenvalue weighted by molar-refractivity contribution is -0.701. The van der Waals surface area contributed by atoms with Gasteiger partial charge in [0.1, 0.15) is 25.3 Å². The number of carbonyl (C=O) groups is 2. The number of hydrogen-bond donors (Lipinski definition) is 2. The zero-order chi connectivity index (χ0) is 29.6. The van der Waals surface area contributed by atoms with Crippen molar-refractivity contribution in [2.75, 3.05) is 26.9 Å². The molecule has 2 amide bonds. The summed E-state index contributed by atoms with van der Waals surface area (Å²) < 4.78 is 18.4. The molecule has 1 saturated heterocycles.